The molecule has 0 amide bonds. The Bertz CT molecular complexity index is 1210. The highest BCUT2D eigenvalue weighted by molar-refractivity contribution is 5.91. The molecule has 0 spiro atoms. The number of nitrogens with zero attached hydrogens (tertiary/aromatic N) is 2. The predicted octanol–water partition coefficient (Wildman–Crippen LogP) is 5.79. The summed E-state index contributed by atoms with van der Waals surface area (Å²) in [6.45, 7) is 5.74. The number of hydrogen-bond donors (Lipinski definition) is 2. The molecule has 1 heterocycles. The first-order chi connectivity index (χ1) is 16.4. The third-order valence-electron chi connectivity index (χ3n) is 4.46. The van der Waals surface area contributed by atoms with E-state index in [2.05, 4.69) is 25.3 Å². The molecule has 0 aliphatic carbocycles. The molecule has 0 saturated heterocycles. The van der Waals surface area contributed by atoms with Gasteiger partial charge in [-0.2, -0.15) is 4.98 Å². The van der Waals surface area contributed by atoms with Crippen molar-refractivity contribution >= 4 is 23.4 Å². The van der Waals surface area contributed by atoms with Crippen LogP contribution in [0.15, 0.2) is 48.5 Å². The number of alkyl halides is 3. The minimum absolute atomic E-state index is 0.239. The molecule has 0 radical (unpaired) electrons. The van der Waals surface area contributed by atoms with E-state index in [1.165, 1.54) is 32.4 Å². The number of rotatable bonds is 7. The Morgan fingerprint density at radius 2 is 1.71 bits per heavy atom. The Balaban J connectivity index is 2.07. The average molecular weight is 490 g/mol. The molecule has 0 atom stereocenters. The van der Waals surface area contributed by atoms with Crippen LogP contribution in [0.2, 0.25) is 0 Å². The van der Waals surface area contributed by atoms with Crippen molar-refractivity contribution in [1.29, 1.82) is 0 Å². The van der Waals surface area contributed by atoms with E-state index in [1.54, 1.807) is 30.3 Å². The van der Waals surface area contributed by atoms with Gasteiger partial charge in [-0.3, -0.25) is 0 Å². The summed E-state index contributed by atoms with van der Waals surface area (Å²) in [4.78, 5) is 20.9. The molecule has 0 aliphatic rings. The number of hydrogen-bond acceptors (Lipinski definition) is 8. The Morgan fingerprint density at radius 1 is 0.971 bits per heavy atom. The second-order valence-corrected chi connectivity index (χ2v) is 8.44. The molecule has 2 aromatic carbocycles. The van der Waals surface area contributed by atoms with E-state index in [0.717, 1.165) is 0 Å². The molecule has 35 heavy (non-hydrogen) atoms. The third-order valence-corrected chi connectivity index (χ3v) is 4.46. The second-order valence-electron chi connectivity index (χ2n) is 8.44. The smallest absolute Gasteiger partial charge is 0.495 e. The van der Waals surface area contributed by atoms with E-state index in [4.69, 9.17) is 9.47 Å². The van der Waals surface area contributed by atoms with Crippen LogP contribution in [0.1, 0.15) is 31.1 Å². The fourth-order valence-corrected chi connectivity index (χ4v) is 3.09. The monoisotopic (exact) mass is 490 g/mol. The zero-order chi connectivity index (χ0) is 25.8. The number of ether oxygens (including phenoxy) is 3. The molecule has 0 aliphatic heterocycles. The molecule has 1 aromatic heterocycles. The third kappa shape index (κ3) is 7.23. The van der Waals surface area contributed by atoms with Crippen LogP contribution < -0.4 is 20.1 Å². The zero-order valence-corrected chi connectivity index (χ0v) is 19.8. The summed E-state index contributed by atoms with van der Waals surface area (Å²) < 4.78 is 52.3. The van der Waals surface area contributed by atoms with E-state index in [-0.39, 0.29) is 17.3 Å². The SMILES string of the molecule is COC(=O)c1ccc(OC)c(Nc2cc(-c3cccc(OC(F)(F)F)c3)nc(NC(C)(C)C)n2)c1. The van der Waals surface area contributed by atoms with E-state index < -0.39 is 17.9 Å². The molecule has 0 fully saturated rings. The normalized spacial score (nSPS) is 11.5. The Labute approximate surface area is 200 Å². The molecule has 0 saturated carbocycles. The molecular formula is C24H25F3N4O4. The van der Waals surface area contributed by atoms with Crippen LogP contribution in [0, 0.1) is 0 Å². The van der Waals surface area contributed by atoms with Gasteiger partial charge < -0.3 is 24.8 Å². The quantitative estimate of drug-likeness (QED) is 0.402. The van der Waals surface area contributed by atoms with Crippen molar-refractivity contribution in [2.75, 3.05) is 24.9 Å². The minimum Gasteiger partial charge on any atom is -0.495 e. The molecule has 0 bridgehead atoms. The van der Waals surface area contributed by atoms with Crippen molar-refractivity contribution in [2.45, 2.75) is 32.7 Å². The summed E-state index contributed by atoms with van der Waals surface area (Å²) in [7, 11) is 2.75. The largest absolute Gasteiger partial charge is 0.573 e. The molecule has 2 N–H and O–H groups in total. The van der Waals surface area contributed by atoms with Gasteiger partial charge in [-0.05, 0) is 51.1 Å². The number of esters is 1. The van der Waals surface area contributed by atoms with Gasteiger partial charge in [0, 0.05) is 17.2 Å². The summed E-state index contributed by atoms with van der Waals surface area (Å²) in [5.74, 6) is 0.0761. The molecule has 186 valence electrons. The number of carbonyl (C=O) groups is 1. The summed E-state index contributed by atoms with van der Waals surface area (Å²) in [5, 5.41) is 6.26. The van der Waals surface area contributed by atoms with Gasteiger partial charge in [-0.25, -0.2) is 9.78 Å². The maximum atomic E-state index is 12.7. The number of anilines is 3. The second kappa shape index (κ2) is 10.1. The van der Waals surface area contributed by atoms with E-state index in [0.29, 0.717) is 28.5 Å². The van der Waals surface area contributed by atoms with Gasteiger partial charge in [-0.1, -0.05) is 12.1 Å². The average Bonchev–Trinajstić information content (AvgIpc) is 2.76. The van der Waals surface area contributed by atoms with Crippen LogP contribution in [0.3, 0.4) is 0 Å². The summed E-state index contributed by atoms with van der Waals surface area (Å²) in [6, 6.07) is 11.7. The van der Waals surface area contributed by atoms with Crippen molar-refractivity contribution in [2.24, 2.45) is 0 Å². The van der Waals surface area contributed by atoms with Crippen LogP contribution >= 0.6 is 0 Å². The number of nitrogens with one attached hydrogen (secondary N) is 2. The topological polar surface area (TPSA) is 94.6 Å². The van der Waals surface area contributed by atoms with Gasteiger partial charge in [0.2, 0.25) is 5.95 Å². The van der Waals surface area contributed by atoms with Crippen molar-refractivity contribution < 1.29 is 32.2 Å². The maximum Gasteiger partial charge on any atom is 0.573 e. The van der Waals surface area contributed by atoms with E-state index >= 15 is 0 Å². The van der Waals surface area contributed by atoms with Gasteiger partial charge >= 0.3 is 12.3 Å². The fourth-order valence-electron chi connectivity index (χ4n) is 3.09. The van der Waals surface area contributed by atoms with Crippen LogP contribution in [-0.2, 0) is 4.74 Å². The lowest BCUT2D eigenvalue weighted by molar-refractivity contribution is -0.274. The van der Waals surface area contributed by atoms with Crippen molar-refractivity contribution in [3.8, 4) is 22.8 Å². The lowest BCUT2D eigenvalue weighted by Gasteiger charge is -2.22. The predicted molar refractivity (Wildman–Crippen MR) is 125 cm³/mol. The number of benzene rings is 2. The maximum absolute atomic E-state index is 12.7. The highest BCUT2D eigenvalue weighted by Crippen LogP contribution is 2.32. The van der Waals surface area contributed by atoms with Crippen molar-refractivity contribution in [3.05, 3.63) is 54.1 Å². The van der Waals surface area contributed by atoms with Crippen LogP contribution in [0.4, 0.5) is 30.6 Å². The van der Waals surface area contributed by atoms with Crippen LogP contribution in [0.5, 0.6) is 11.5 Å². The van der Waals surface area contributed by atoms with Crippen molar-refractivity contribution in [3.63, 3.8) is 0 Å². The Morgan fingerprint density at radius 3 is 2.34 bits per heavy atom. The minimum atomic E-state index is -4.82. The highest BCUT2D eigenvalue weighted by Gasteiger charge is 2.31. The van der Waals surface area contributed by atoms with Gasteiger partial charge in [0.15, 0.2) is 0 Å². The Hall–Kier alpha value is -4.02. The first kappa shape index (κ1) is 25.6. The molecule has 11 heteroatoms. The Kier molecular flexibility index (Phi) is 7.37. The molecule has 0 unspecified atom stereocenters. The summed E-state index contributed by atoms with van der Waals surface area (Å²) in [5.41, 5.74) is 1.03. The number of methoxy groups -OCH3 is 2. The van der Waals surface area contributed by atoms with Crippen molar-refractivity contribution in [1.82, 2.24) is 9.97 Å². The number of carbonyl (C=O) groups excluding carboxylic acids is 1. The number of halogens is 3. The van der Waals surface area contributed by atoms with E-state index in [1.807, 2.05) is 20.8 Å². The lowest BCUT2D eigenvalue weighted by atomic mass is 10.1. The number of aromatic nitrogens is 2. The molecule has 3 aromatic rings. The van der Waals surface area contributed by atoms with E-state index in [9.17, 15) is 18.0 Å². The molecule has 3 rings (SSSR count). The summed E-state index contributed by atoms with van der Waals surface area (Å²) >= 11 is 0. The van der Waals surface area contributed by atoms with Crippen LogP contribution in [-0.4, -0.2) is 42.1 Å². The first-order valence-corrected chi connectivity index (χ1v) is 10.4. The van der Waals surface area contributed by atoms with Gasteiger partial charge in [-0.15, -0.1) is 13.2 Å². The van der Waals surface area contributed by atoms with Gasteiger partial charge in [0.25, 0.3) is 0 Å². The standard InChI is InChI=1S/C24H25F3N4O4/c1-23(2,3)31-22-29-17(14-7-6-8-16(11-14)35-24(25,26)27)13-20(30-22)28-18-12-15(21(32)34-5)9-10-19(18)33-4/h6-13H,1-5H3,(H2,28,29,30,31). The first-order valence-electron chi connectivity index (χ1n) is 10.4. The highest BCUT2D eigenvalue weighted by atomic mass is 19.4. The lowest BCUT2D eigenvalue weighted by Crippen LogP contribution is -2.27. The molecule has 8 nitrogen and oxygen atoms in total. The van der Waals surface area contributed by atoms with Gasteiger partial charge in [0.05, 0.1) is 31.2 Å². The van der Waals surface area contributed by atoms with Crippen LogP contribution in [0.25, 0.3) is 11.3 Å². The molecular weight excluding hydrogens is 465 g/mol. The van der Waals surface area contributed by atoms with Gasteiger partial charge in [0.1, 0.15) is 17.3 Å². The summed E-state index contributed by atoms with van der Waals surface area (Å²) in [6.07, 6.45) is -4.82. The fraction of sp³-hybridized carbons (Fsp3) is 0.292. The zero-order valence-electron chi connectivity index (χ0n) is 19.8.